The van der Waals surface area contributed by atoms with Gasteiger partial charge in [-0.1, -0.05) is 27.2 Å². The summed E-state index contributed by atoms with van der Waals surface area (Å²) in [5.74, 6) is -1.21. The molecule has 0 amide bonds. The van der Waals surface area contributed by atoms with E-state index in [2.05, 4.69) is 6.92 Å². The van der Waals surface area contributed by atoms with E-state index in [1.807, 2.05) is 27.7 Å². The van der Waals surface area contributed by atoms with Crippen molar-refractivity contribution in [2.75, 3.05) is 6.61 Å². The van der Waals surface area contributed by atoms with Gasteiger partial charge in [-0.2, -0.15) is 0 Å². The normalized spacial score (nSPS) is 41.3. The van der Waals surface area contributed by atoms with Crippen LogP contribution in [0.1, 0.15) is 92.9 Å². The van der Waals surface area contributed by atoms with Crippen molar-refractivity contribution in [3.63, 3.8) is 0 Å². The van der Waals surface area contributed by atoms with Gasteiger partial charge in [0.15, 0.2) is 0 Å². The maximum absolute atomic E-state index is 13.2. The fourth-order valence-electron chi connectivity index (χ4n) is 9.17. The van der Waals surface area contributed by atoms with Gasteiger partial charge in [-0.3, -0.25) is 19.2 Å². The van der Waals surface area contributed by atoms with Crippen molar-refractivity contribution in [2.24, 2.45) is 59.2 Å². The minimum absolute atomic E-state index is 0.0151. The summed E-state index contributed by atoms with van der Waals surface area (Å²) in [6.07, 6.45) is 5.52. The molecule has 0 aromatic heterocycles. The van der Waals surface area contributed by atoms with Gasteiger partial charge in [0.2, 0.25) is 0 Å². The summed E-state index contributed by atoms with van der Waals surface area (Å²) in [6, 6.07) is 0. The molecule has 3 heterocycles. The molecule has 5 rings (SSSR count). The van der Waals surface area contributed by atoms with E-state index in [0.717, 1.165) is 32.1 Å². The lowest BCUT2D eigenvalue weighted by molar-refractivity contribution is -0.163. The smallest absolute Gasteiger partial charge is 0.317 e. The van der Waals surface area contributed by atoms with Crippen LogP contribution in [0.2, 0.25) is 0 Å². The molecule has 13 atom stereocenters. The largest absolute Gasteiger partial charge is 0.463 e. The fourth-order valence-corrected chi connectivity index (χ4v) is 9.17. The minimum atomic E-state index is -0.651. The molecular formula is C33H50O9. The van der Waals surface area contributed by atoms with E-state index in [0.29, 0.717) is 37.0 Å². The van der Waals surface area contributed by atoms with E-state index in [4.69, 9.17) is 18.9 Å². The Morgan fingerprint density at radius 3 is 2.29 bits per heavy atom. The average Bonchev–Trinajstić information content (AvgIpc) is 3.73. The fraction of sp³-hybridized carbons (Fsp3) is 0.879. The SMILES string of the molecule is CCC(O)COC(=O)C1CC2OC1C(CCC1C3CC(C(=O)OC(C)(C)C)C(C3)C1CC1C(=O)OC(=O)C1C)C2CC. The third-order valence-corrected chi connectivity index (χ3v) is 11.2. The highest BCUT2D eigenvalue weighted by Gasteiger charge is 2.59. The lowest BCUT2D eigenvalue weighted by atomic mass is 9.65. The van der Waals surface area contributed by atoms with Crippen LogP contribution in [0.15, 0.2) is 0 Å². The summed E-state index contributed by atoms with van der Waals surface area (Å²) in [4.78, 5) is 51.0. The highest BCUT2D eigenvalue weighted by atomic mass is 16.6. The first-order chi connectivity index (χ1) is 19.8. The van der Waals surface area contributed by atoms with Crippen LogP contribution in [0.3, 0.4) is 0 Å². The second-order valence-electron chi connectivity index (χ2n) is 14.7. The highest BCUT2D eigenvalue weighted by molar-refractivity contribution is 5.96. The molecule has 9 heteroatoms. The van der Waals surface area contributed by atoms with Gasteiger partial charge in [0.25, 0.3) is 0 Å². The second kappa shape index (κ2) is 12.2. The number of aliphatic hydroxyl groups is 1. The summed E-state index contributed by atoms with van der Waals surface area (Å²) in [6.45, 7) is 11.5. The van der Waals surface area contributed by atoms with Gasteiger partial charge >= 0.3 is 23.9 Å². The predicted octanol–water partition coefficient (Wildman–Crippen LogP) is 4.47. The molecule has 4 bridgehead atoms. The van der Waals surface area contributed by atoms with Crippen molar-refractivity contribution >= 4 is 23.9 Å². The second-order valence-corrected chi connectivity index (χ2v) is 14.7. The number of fused-ring (bicyclic) bond motifs is 4. The van der Waals surface area contributed by atoms with Crippen LogP contribution in [-0.4, -0.2) is 59.5 Å². The Labute approximate surface area is 249 Å². The lowest BCUT2D eigenvalue weighted by Crippen LogP contribution is -2.40. The quantitative estimate of drug-likeness (QED) is 0.211. The number of aliphatic hydroxyl groups excluding tert-OH is 1. The van der Waals surface area contributed by atoms with Crippen LogP contribution in [0.5, 0.6) is 0 Å². The number of esters is 4. The highest BCUT2D eigenvalue weighted by Crippen LogP contribution is 2.60. The zero-order chi connectivity index (χ0) is 30.5. The number of carbonyl (C=O) groups is 4. The number of hydrogen-bond acceptors (Lipinski definition) is 9. The Bertz CT molecular complexity index is 1050. The van der Waals surface area contributed by atoms with Gasteiger partial charge in [0.05, 0.1) is 42.0 Å². The maximum atomic E-state index is 13.2. The van der Waals surface area contributed by atoms with Crippen LogP contribution in [0.25, 0.3) is 0 Å². The van der Waals surface area contributed by atoms with Gasteiger partial charge in [-0.05, 0) is 101 Å². The predicted molar refractivity (Wildman–Crippen MR) is 151 cm³/mol. The molecule has 0 radical (unpaired) electrons. The Hall–Kier alpha value is -2.00. The van der Waals surface area contributed by atoms with Crippen LogP contribution >= 0.6 is 0 Å². The standard InChI is InChI=1S/C33H50O9/c1-7-18(34)15-39-30(36)26-14-27-19(8-2)21(28(26)40-27)10-9-20-17-11-23(25(12-17)32(38)42-33(4,5)6)24(20)13-22-16(3)29(35)41-31(22)37/h16-28,34H,7-15H2,1-6H3. The third-order valence-electron chi connectivity index (χ3n) is 11.2. The summed E-state index contributed by atoms with van der Waals surface area (Å²) < 4.78 is 22.6. The van der Waals surface area contributed by atoms with Crippen molar-refractivity contribution in [1.29, 1.82) is 0 Å². The molecule has 13 unspecified atom stereocenters. The molecule has 5 aliphatic rings. The molecule has 2 aliphatic carbocycles. The molecule has 1 N–H and O–H groups in total. The minimum Gasteiger partial charge on any atom is -0.463 e. The van der Waals surface area contributed by atoms with Crippen molar-refractivity contribution in [2.45, 2.75) is 117 Å². The number of carbonyl (C=O) groups excluding carboxylic acids is 4. The molecule has 0 aromatic carbocycles. The monoisotopic (exact) mass is 590 g/mol. The van der Waals surface area contributed by atoms with Gasteiger partial charge < -0.3 is 24.1 Å². The van der Waals surface area contributed by atoms with Crippen LogP contribution < -0.4 is 0 Å². The Morgan fingerprint density at radius 2 is 1.67 bits per heavy atom. The van der Waals surface area contributed by atoms with Crippen LogP contribution in [-0.2, 0) is 38.1 Å². The first kappa shape index (κ1) is 31.4. The molecule has 236 valence electrons. The Kier molecular flexibility index (Phi) is 9.11. The average molecular weight is 591 g/mol. The molecule has 0 spiro atoms. The van der Waals surface area contributed by atoms with Crippen molar-refractivity contribution in [1.82, 2.24) is 0 Å². The molecular weight excluding hydrogens is 540 g/mol. The first-order valence-corrected chi connectivity index (χ1v) is 16.3. The topological polar surface area (TPSA) is 125 Å². The molecule has 3 aliphatic heterocycles. The molecule has 5 fully saturated rings. The number of ether oxygens (including phenoxy) is 4. The van der Waals surface area contributed by atoms with Gasteiger partial charge in [0.1, 0.15) is 12.2 Å². The molecule has 9 nitrogen and oxygen atoms in total. The van der Waals surface area contributed by atoms with Crippen LogP contribution in [0.4, 0.5) is 0 Å². The van der Waals surface area contributed by atoms with E-state index in [9.17, 15) is 24.3 Å². The zero-order valence-corrected chi connectivity index (χ0v) is 26.1. The van der Waals surface area contributed by atoms with E-state index in [1.165, 1.54) is 0 Å². The number of hydrogen-bond donors (Lipinski definition) is 1. The molecule has 2 saturated carbocycles. The van der Waals surface area contributed by atoms with Crippen LogP contribution in [0, 0.1) is 59.2 Å². The Balaban J connectivity index is 1.29. The summed E-state index contributed by atoms with van der Waals surface area (Å²) >= 11 is 0. The van der Waals surface area contributed by atoms with Crippen molar-refractivity contribution in [3.05, 3.63) is 0 Å². The van der Waals surface area contributed by atoms with Gasteiger partial charge in [0, 0.05) is 0 Å². The van der Waals surface area contributed by atoms with Gasteiger partial charge in [-0.15, -0.1) is 0 Å². The van der Waals surface area contributed by atoms with E-state index in [-0.39, 0.29) is 60.3 Å². The van der Waals surface area contributed by atoms with Crippen molar-refractivity contribution < 1.29 is 43.2 Å². The molecule has 3 saturated heterocycles. The Morgan fingerprint density at radius 1 is 0.952 bits per heavy atom. The van der Waals surface area contributed by atoms with E-state index in [1.54, 1.807) is 6.92 Å². The number of cyclic esters (lactones) is 2. The summed E-state index contributed by atoms with van der Waals surface area (Å²) in [5, 5.41) is 9.87. The summed E-state index contributed by atoms with van der Waals surface area (Å²) in [7, 11) is 0. The first-order valence-electron chi connectivity index (χ1n) is 16.3. The zero-order valence-electron chi connectivity index (χ0n) is 26.1. The summed E-state index contributed by atoms with van der Waals surface area (Å²) in [5.41, 5.74) is -0.562. The lowest BCUT2D eigenvalue weighted by Gasteiger charge is -2.38. The van der Waals surface area contributed by atoms with Crippen molar-refractivity contribution in [3.8, 4) is 0 Å². The van der Waals surface area contributed by atoms with E-state index < -0.39 is 35.5 Å². The molecule has 42 heavy (non-hydrogen) atoms. The number of rotatable bonds is 11. The van der Waals surface area contributed by atoms with Gasteiger partial charge in [-0.25, -0.2) is 0 Å². The molecule has 0 aromatic rings. The maximum Gasteiger partial charge on any atom is 0.317 e. The van der Waals surface area contributed by atoms with E-state index >= 15 is 0 Å². The third kappa shape index (κ3) is 6.01.